The number of amides is 2. The number of carbonyl (C=O) groups excluding carboxylic acids is 2. The first-order valence-electron chi connectivity index (χ1n) is 6.71. The lowest BCUT2D eigenvalue weighted by atomic mass is 10.1. The maximum atomic E-state index is 12.2. The number of nitrogens with zero attached hydrogens (tertiary/aromatic N) is 2. The van der Waals surface area contributed by atoms with Crippen molar-refractivity contribution in [1.29, 1.82) is 5.26 Å². The molecule has 1 atom stereocenters. The molecular formula is C15H17N3O3. The second-order valence-electron chi connectivity index (χ2n) is 4.92. The molecule has 1 N–H and O–H groups in total. The van der Waals surface area contributed by atoms with Crippen LogP contribution >= 0.6 is 0 Å². The molecule has 1 aliphatic heterocycles. The third-order valence-corrected chi connectivity index (χ3v) is 3.41. The Bertz CT molecular complexity index is 580. The Morgan fingerprint density at radius 1 is 1.57 bits per heavy atom. The maximum Gasteiger partial charge on any atom is 0.229 e. The molecule has 2 amide bonds. The Morgan fingerprint density at radius 3 is 3.10 bits per heavy atom. The fourth-order valence-corrected chi connectivity index (χ4v) is 2.28. The number of nitriles is 1. The van der Waals surface area contributed by atoms with Crippen LogP contribution in [-0.4, -0.2) is 43.5 Å². The predicted octanol–water partition coefficient (Wildman–Crippen LogP) is 0.992. The normalized spacial score (nSPS) is 17.6. The van der Waals surface area contributed by atoms with Crippen molar-refractivity contribution in [3.63, 3.8) is 0 Å². The Morgan fingerprint density at radius 2 is 2.38 bits per heavy atom. The fourth-order valence-electron chi connectivity index (χ4n) is 2.28. The van der Waals surface area contributed by atoms with E-state index in [1.54, 1.807) is 36.3 Å². The molecule has 110 valence electrons. The average Bonchev–Trinajstić information content (AvgIpc) is 2.86. The van der Waals surface area contributed by atoms with Gasteiger partial charge in [-0.3, -0.25) is 9.59 Å². The van der Waals surface area contributed by atoms with Gasteiger partial charge in [0.2, 0.25) is 11.8 Å². The van der Waals surface area contributed by atoms with Crippen molar-refractivity contribution in [2.45, 2.75) is 6.42 Å². The predicted molar refractivity (Wildman–Crippen MR) is 76.3 cm³/mol. The Labute approximate surface area is 123 Å². The monoisotopic (exact) mass is 287 g/mol. The maximum absolute atomic E-state index is 12.2. The van der Waals surface area contributed by atoms with E-state index in [1.165, 1.54) is 0 Å². The quantitative estimate of drug-likeness (QED) is 0.875. The summed E-state index contributed by atoms with van der Waals surface area (Å²) in [5, 5.41) is 11.6. The first-order valence-corrected chi connectivity index (χ1v) is 6.71. The zero-order valence-electron chi connectivity index (χ0n) is 11.8. The van der Waals surface area contributed by atoms with Crippen molar-refractivity contribution >= 4 is 17.5 Å². The molecule has 0 unspecified atom stereocenters. The minimum atomic E-state index is -0.361. The van der Waals surface area contributed by atoms with Crippen LogP contribution in [0.3, 0.4) is 0 Å². The number of hydrogen-bond donors (Lipinski definition) is 1. The molecule has 21 heavy (non-hydrogen) atoms. The van der Waals surface area contributed by atoms with Crippen LogP contribution in [0, 0.1) is 17.2 Å². The second kappa shape index (κ2) is 6.86. The number of hydrogen-bond acceptors (Lipinski definition) is 4. The second-order valence-corrected chi connectivity index (χ2v) is 4.92. The molecule has 6 heteroatoms. The summed E-state index contributed by atoms with van der Waals surface area (Å²) >= 11 is 0. The Hall–Kier alpha value is -2.39. The lowest BCUT2D eigenvalue weighted by Gasteiger charge is -2.15. The van der Waals surface area contributed by atoms with Crippen LogP contribution in [0.25, 0.3) is 0 Å². The largest absolute Gasteiger partial charge is 0.383 e. The summed E-state index contributed by atoms with van der Waals surface area (Å²) < 4.78 is 4.94. The third-order valence-electron chi connectivity index (χ3n) is 3.41. The first kappa shape index (κ1) is 15.0. The van der Waals surface area contributed by atoms with E-state index < -0.39 is 0 Å². The SMILES string of the molecule is COCCN1C[C@@H](C(=O)Nc2cccc(C#N)c2)CC1=O. The van der Waals surface area contributed by atoms with E-state index in [0.717, 1.165) is 0 Å². The zero-order chi connectivity index (χ0) is 15.2. The molecule has 0 aliphatic carbocycles. The minimum Gasteiger partial charge on any atom is -0.383 e. The highest BCUT2D eigenvalue weighted by Gasteiger charge is 2.33. The summed E-state index contributed by atoms with van der Waals surface area (Å²) in [7, 11) is 1.58. The highest BCUT2D eigenvalue weighted by Crippen LogP contribution is 2.20. The number of anilines is 1. The van der Waals surface area contributed by atoms with E-state index in [1.807, 2.05) is 6.07 Å². The van der Waals surface area contributed by atoms with Gasteiger partial charge in [0.05, 0.1) is 24.2 Å². The van der Waals surface area contributed by atoms with E-state index in [2.05, 4.69) is 5.32 Å². The number of ether oxygens (including phenoxy) is 1. The van der Waals surface area contributed by atoms with Gasteiger partial charge >= 0.3 is 0 Å². The van der Waals surface area contributed by atoms with Gasteiger partial charge < -0.3 is 15.0 Å². The topological polar surface area (TPSA) is 82.4 Å². The molecule has 2 rings (SSSR count). The summed E-state index contributed by atoms with van der Waals surface area (Å²) in [6.07, 6.45) is 0.216. The van der Waals surface area contributed by atoms with Crippen LogP contribution in [-0.2, 0) is 14.3 Å². The van der Waals surface area contributed by atoms with E-state index in [9.17, 15) is 9.59 Å². The van der Waals surface area contributed by atoms with Crippen molar-refractivity contribution in [3.8, 4) is 6.07 Å². The van der Waals surface area contributed by atoms with Crippen LogP contribution in [0.5, 0.6) is 0 Å². The number of methoxy groups -OCH3 is 1. The molecule has 0 radical (unpaired) electrons. The fraction of sp³-hybridized carbons (Fsp3) is 0.400. The van der Waals surface area contributed by atoms with E-state index in [4.69, 9.17) is 10.00 Å². The Balaban J connectivity index is 1.95. The van der Waals surface area contributed by atoms with Gasteiger partial charge in [-0.1, -0.05) is 6.07 Å². The molecule has 1 aliphatic rings. The molecule has 6 nitrogen and oxygen atoms in total. The van der Waals surface area contributed by atoms with E-state index in [-0.39, 0.29) is 24.2 Å². The van der Waals surface area contributed by atoms with Gasteiger partial charge in [0, 0.05) is 32.3 Å². The standard InChI is InChI=1S/C15H17N3O3/c1-21-6-5-18-10-12(8-14(18)19)15(20)17-13-4-2-3-11(7-13)9-16/h2-4,7,12H,5-6,8,10H2,1H3,(H,17,20)/t12-/m0/s1. The van der Waals surface area contributed by atoms with Crippen molar-refractivity contribution in [1.82, 2.24) is 4.90 Å². The third kappa shape index (κ3) is 3.80. The molecule has 1 saturated heterocycles. The summed E-state index contributed by atoms with van der Waals surface area (Å²) in [6, 6.07) is 8.72. The van der Waals surface area contributed by atoms with Gasteiger partial charge in [0.15, 0.2) is 0 Å². The molecule has 0 aromatic heterocycles. The van der Waals surface area contributed by atoms with Crippen LogP contribution < -0.4 is 5.32 Å². The zero-order valence-corrected chi connectivity index (χ0v) is 11.8. The van der Waals surface area contributed by atoms with Gasteiger partial charge in [0.1, 0.15) is 0 Å². The number of benzene rings is 1. The van der Waals surface area contributed by atoms with E-state index >= 15 is 0 Å². The average molecular weight is 287 g/mol. The smallest absolute Gasteiger partial charge is 0.229 e. The molecule has 0 bridgehead atoms. The number of nitrogens with one attached hydrogen (secondary N) is 1. The van der Waals surface area contributed by atoms with Crippen molar-refractivity contribution in [2.75, 3.05) is 32.1 Å². The van der Waals surface area contributed by atoms with Gasteiger partial charge in [-0.2, -0.15) is 5.26 Å². The molecule has 1 aromatic rings. The number of likely N-dealkylation sites (tertiary alicyclic amines) is 1. The molecule has 1 heterocycles. The van der Waals surface area contributed by atoms with Gasteiger partial charge in [-0.05, 0) is 18.2 Å². The van der Waals surface area contributed by atoms with Crippen molar-refractivity contribution < 1.29 is 14.3 Å². The van der Waals surface area contributed by atoms with Crippen molar-refractivity contribution in [3.05, 3.63) is 29.8 Å². The summed E-state index contributed by atoms with van der Waals surface area (Å²) in [5.74, 6) is -0.587. The van der Waals surface area contributed by atoms with Crippen LogP contribution in [0.15, 0.2) is 24.3 Å². The van der Waals surface area contributed by atoms with Crippen LogP contribution in [0.4, 0.5) is 5.69 Å². The molecule has 1 aromatic carbocycles. The number of carbonyl (C=O) groups is 2. The summed E-state index contributed by atoms with van der Waals surface area (Å²) in [5.41, 5.74) is 1.05. The first-order chi connectivity index (χ1) is 10.1. The number of rotatable bonds is 5. The highest BCUT2D eigenvalue weighted by molar-refractivity contribution is 5.97. The lowest BCUT2D eigenvalue weighted by Crippen LogP contribution is -2.30. The van der Waals surface area contributed by atoms with Gasteiger partial charge in [-0.25, -0.2) is 0 Å². The highest BCUT2D eigenvalue weighted by atomic mass is 16.5. The van der Waals surface area contributed by atoms with Crippen molar-refractivity contribution in [2.24, 2.45) is 5.92 Å². The van der Waals surface area contributed by atoms with Crippen LogP contribution in [0.1, 0.15) is 12.0 Å². The van der Waals surface area contributed by atoms with E-state index in [0.29, 0.717) is 30.9 Å². The lowest BCUT2D eigenvalue weighted by molar-refractivity contribution is -0.128. The van der Waals surface area contributed by atoms with Gasteiger partial charge in [0.25, 0.3) is 0 Å². The minimum absolute atomic E-state index is 0.0297. The molecule has 0 spiro atoms. The molecule has 1 fully saturated rings. The Kier molecular flexibility index (Phi) is 4.90. The van der Waals surface area contributed by atoms with Gasteiger partial charge in [-0.15, -0.1) is 0 Å². The molecule has 0 saturated carbocycles. The molecular weight excluding hydrogens is 270 g/mol. The summed E-state index contributed by atoms with van der Waals surface area (Å²) in [4.78, 5) is 25.6. The summed E-state index contributed by atoms with van der Waals surface area (Å²) in [6.45, 7) is 1.37. The van der Waals surface area contributed by atoms with Crippen LogP contribution in [0.2, 0.25) is 0 Å².